The van der Waals surface area contributed by atoms with Crippen molar-refractivity contribution in [2.24, 2.45) is 23.2 Å². The molecule has 2 saturated carbocycles. The first kappa shape index (κ1) is 37.3. The Labute approximate surface area is 270 Å². The highest BCUT2D eigenvalue weighted by molar-refractivity contribution is 7.99. The molecule has 0 aliphatic heterocycles. The molecule has 4 rings (SSSR count). The van der Waals surface area contributed by atoms with Crippen LogP contribution < -0.4 is 0 Å². The molecule has 2 nitrogen and oxygen atoms in total. The van der Waals surface area contributed by atoms with E-state index >= 15 is 0 Å². The maximum atomic E-state index is 13.7. The third kappa shape index (κ3) is 7.37. The van der Waals surface area contributed by atoms with Gasteiger partial charge < -0.3 is 10.0 Å². The lowest BCUT2D eigenvalue weighted by Gasteiger charge is -2.52. The summed E-state index contributed by atoms with van der Waals surface area (Å²) in [5.41, 5.74) is 4.30. The Morgan fingerprint density at radius 1 is 0.935 bits per heavy atom. The second kappa shape index (κ2) is 14.1. The summed E-state index contributed by atoms with van der Waals surface area (Å²) >= 11 is 0.828. The van der Waals surface area contributed by atoms with Gasteiger partial charge in [-0.15, -0.1) is 0 Å². The summed E-state index contributed by atoms with van der Waals surface area (Å²) in [4.78, 5) is 2.08. The molecule has 0 spiro atoms. The predicted octanol–water partition coefficient (Wildman–Crippen LogP) is 10.5. The lowest BCUT2D eigenvalue weighted by Crippen LogP contribution is -2.60. The zero-order chi connectivity index (χ0) is 34.1. The summed E-state index contributed by atoms with van der Waals surface area (Å²) in [6.07, 6.45) is 1.79. The van der Waals surface area contributed by atoms with Crippen molar-refractivity contribution in [2.75, 3.05) is 31.6 Å². The number of hydrogen-bond donors (Lipinski definition) is 1. The van der Waals surface area contributed by atoms with Crippen molar-refractivity contribution in [3.63, 3.8) is 0 Å². The molecule has 262 valence electrons. The number of rotatable bonds is 15. The van der Waals surface area contributed by atoms with Crippen LogP contribution >= 0.6 is 11.8 Å². The Hall–Kier alpha value is -1.56. The topological polar surface area (TPSA) is 23.5 Å². The van der Waals surface area contributed by atoms with Gasteiger partial charge in [0.15, 0.2) is 0 Å². The van der Waals surface area contributed by atoms with Crippen LogP contribution in [0, 0.1) is 23.2 Å². The highest BCUT2D eigenvalue weighted by Gasteiger charge is 2.81. The monoisotopic (exact) mass is 687 g/mol. The normalized spacial score (nSPS) is 27.1. The van der Waals surface area contributed by atoms with Gasteiger partial charge in [0.25, 0.3) is 0 Å². The van der Waals surface area contributed by atoms with Crippen molar-refractivity contribution in [1.29, 1.82) is 0 Å². The van der Waals surface area contributed by atoms with E-state index in [9.17, 15) is 44.6 Å². The lowest BCUT2D eigenvalue weighted by molar-refractivity contribution is -0.396. The number of phenols is 1. The van der Waals surface area contributed by atoms with Crippen LogP contribution in [0.3, 0.4) is 0 Å². The minimum absolute atomic E-state index is 0.211. The van der Waals surface area contributed by atoms with Gasteiger partial charge in [-0.2, -0.15) is 51.3 Å². The van der Waals surface area contributed by atoms with E-state index in [4.69, 9.17) is 0 Å². The number of nitrogens with zero attached hydrogens (tertiary/aromatic N) is 1. The van der Waals surface area contributed by atoms with Gasteiger partial charge >= 0.3 is 23.9 Å². The van der Waals surface area contributed by atoms with Crippen LogP contribution in [0.25, 0.3) is 0 Å². The molecule has 2 fully saturated rings. The van der Waals surface area contributed by atoms with Crippen LogP contribution in [-0.2, 0) is 6.42 Å². The quantitative estimate of drug-likeness (QED) is 0.113. The molecule has 0 radical (unpaired) electrons. The molecule has 0 saturated heterocycles. The fourth-order valence-corrected chi connectivity index (χ4v) is 9.29. The van der Waals surface area contributed by atoms with E-state index in [0.29, 0.717) is 42.4 Å². The first-order chi connectivity index (χ1) is 21.3. The molecule has 0 bridgehead atoms. The first-order valence-corrected chi connectivity index (χ1v) is 17.5. The molecule has 3 aliphatic rings. The summed E-state index contributed by atoms with van der Waals surface area (Å²) in [6, 6.07) is 5.90. The Morgan fingerprint density at radius 3 is 2.33 bits per heavy atom. The van der Waals surface area contributed by atoms with Crippen LogP contribution in [0.1, 0.15) is 88.2 Å². The molecule has 5 atom stereocenters. The highest BCUT2D eigenvalue weighted by atomic mass is 32.2. The smallest absolute Gasteiger partial charge is 0.460 e. The number of alkyl halides is 9. The van der Waals surface area contributed by atoms with Gasteiger partial charge in [-0.3, -0.25) is 0 Å². The van der Waals surface area contributed by atoms with E-state index < -0.39 is 36.1 Å². The number of thioether (sulfide) groups is 1. The molecular formula is C34H46F9NOS. The van der Waals surface area contributed by atoms with Crippen molar-refractivity contribution in [3.05, 3.63) is 41.5 Å². The number of unbranched alkanes of at least 4 members (excludes halogenated alkanes) is 2. The molecular weight excluding hydrogens is 641 g/mol. The number of fused-ring (bicyclic) bond motifs is 5. The summed E-state index contributed by atoms with van der Waals surface area (Å²) in [7, 11) is 1.92. The molecule has 0 amide bonds. The first-order valence-electron chi connectivity index (χ1n) is 16.3. The van der Waals surface area contributed by atoms with Crippen molar-refractivity contribution < 1.29 is 44.6 Å². The van der Waals surface area contributed by atoms with Crippen LogP contribution in [0.4, 0.5) is 39.5 Å². The van der Waals surface area contributed by atoms with Gasteiger partial charge in [-0.1, -0.05) is 38.0 Å². The number of halogens is 9. The molecule has 1 aromatic rings. The molecule has 46 heavy (non-hydrogen) atoms. The number of phenolic OH excluding ortho intramolecular Hbond substituents is 1. The number of allylic oxidation sites excluding steroid dienone is 1. The highest BCUT2D eigenvalue weighted by Crippen LogP contribution is 2.64. The van der Waals surface area contributed by atoms with Gasteiger partial charge in [0.05, 0.1) is 0 Å². The molecule has 3 aliphatic carbocycles. The maximum Gasteiger partial charge on any atom is 0.460 e. The maximum absolute atomic E-state index is 13.7. The fraction of sp³-hybridized carbons (Fsp3) is 0.765. The van der Waals surface area contributed by atoms with Crippen molar-refractivity contribution in [2.45, 2.75) is 107 Å². The standard InChI is InChI=1S/C34H46F9NOS/c1-22-9-12-28-29-23(20-24-21-25(45)10-11-26(24)27(29)13-14-30(22,28)2)8-5-4-6-16-44(3)17-7-18-46-19-15-31(35,36)32(37,38)33(39,40)34(41,42)43/h10-11,21,23,27-29,45H,1,4-9,12-20H2,2-3H3/t23-,27?,28?,29?,30?/m1/s1. The molecule has 1 N–H and O–H groups in total. The zero-order valence-corrected chi connectivity index (χ0v) is 27.4. The largest absolute Gasteiger partial charge is 0.508 e. The number of hydrogen-bond acceptors (Lipinski definition) is 3. The minimum atomic E-state index is -6.83. The van der Waals surface area contributed by atoms with Gasteiger partial charge in [-0.05, 0) is 135 Å². The molecule has 12 heteroatoms. The van der Waals surface area contributed by atoms with E-state index in [1.807, 2.05) is 19.2 Å². The molecule has 1 aromatic carbocycles. The zero-order valence-electron chi connectivity index (χ0n) is 26.6. The Morgan fingerprint density at radius 2 is 1.63 bits per heavy atom. The minimum Gasteiger partial charge on any atom is -0.508 e. The number of benzene rings is 1. The third-order valence-electron chi connectivity index (χ3n) is 11.1. The number of aromatic hydroxyl groups is 1. The second-order valence-electron chi connectivity index (χ2n) is 14.0. The van der Waals surface area contributed by atoms with Gasteiger partial charge in [0.2, 0.25) is 0 Å². The van der Waals surface area contributed by atoms with E-state index in [2.05, 4.69) is 24.5 Å². The van der Waals surface area contributed by atoms with Crippen LogP contribution in [0.15, 0.2) is 30.4 Å². The Bertz CT molecular complexity index is 1210. The average molecular weight is 688 g/mol. The van der Waals surface area contributed by atoms with E-state index in [0.717, 1.165) is 63.3 Å². The Kier molecular flexibility index (Phi) is 11.4. The summed E-state index contributed by atoms with van der Waals surface area (Å²) < 4.78 is 117. The third-order valence-corrected chi connectivity index (χ3v) is 12.1. The summed E-state index contributed by atoms with van der Waals surface area (Å²) in [6.45, 7) is 8.29. The van der Waals surface area contributed by atoms with Crippen LogP contribution in [-0.4, -0.2) is 65.6 Å². The molecule has 4 unspecified atom stereocenters. The van der Waals surface area contributed by atoms with Crippen LogP contribution in [0.5, 0.6) is 5.75 Å². The van der Waals surface area contributed by atoms with E-state index in [1.54, 1.807) is 0 Å². The molecule has 0 heterocycles. The van der Waals surface area contributed by atoms with Gasteiger partial charge in [-0.25, -0.2) is 0 Å². The van der Waals surface area contributed by atoms with Crippen LogP contribution in [0.2, 0.25) is 0 Å². The van der Waals surface area contributed by atoms with Crippen molar-refractivity contribution in [1.82, 2.24) is 4.90 Å². The summed E-state index contributed by atoms with van der Waals surface area (Å²) in [5.74, 6) is -16.6. The Balaban J connectivity index is 1.17. The average Bonchev–Trinajstić information content (AvgIpc) is 3.27. The second-order valence-corrected chi connectivity index (χ2v) is 15.2. The van der Waals surface area contributed by atoms with Crippen molar-refractivity contribution in [3.8, 4) is 5.75 Å². The summed E-state index contributed by atoms with van der Waals surface area (Å²) in [5, 5.41) is 10.2. The van der Waals surface area contributed by atoms with Gasteiger partial charge in [0.1, 0.15) is 5.75 Å². The van der Waals surface area contributed by atoms with E-state index in [1.165, 1.54) is 29.5 Å². The van der Waals surface area contributed by atoms with Gasteiger partial charge in [0, 0.05) is 6.42 Å². The fourth-order valence-electron chi connectivity index (χ4n) is 8.35. The lowest BCUT2D eigenvalue weighted by atomic mass is 9.52. The van der Waals surface area contributed by atoms with E-state index in [-0.39, 0.29) is 11.2 Å². The van der Waals surface area contributed by atoms with Crippen molar-refractivity contribution >= 4 is 11.8 Å². The predicted molar refractivity (Wildman–Crippen MR) is 164 cm³/mol. The molecule has 0 aromatic heterocycles. The SMILES string of the molecule is C=C1CCC2C3C(CCC12C)c1ccc(O)cc1C[C@H]3CCCCCN(C)CCCSCCC(F)(F)C(F)(F)C(F)(F)C(F)(F)F.